The van der Waals surface area contributed by atoms with Crippen molar-refractivity contribution in [3.05, 3.63) is 11.1 Å². The van der Waals surface area contributed by atoms with Gasteiger partial charge in [0.05, 0.1) is 13.0 Å². The minimum absolute atomic E-state index is 0.103. The Morgan fingerprint density at radius 3 is 2.80 bits per heavy atom. The SMILES string of the molecule is COC(=O)c1nscc1S(=O)(=O)N1CCC(C(=O)O)C1. The summed E-state index contributed by atoms with van der Waals surface area (Å²) < 4.78 is 34.1. The van der Waals surface area contributed by atoms with Crippen LogP contribution in [-0.4, -0.2) is 54.3 Å². The van der Waals surface area contributed by atoms with Crippen molar-refractivity contribution in [1.29, 1.82) is 0 Å². The number of hydrogen-bond acceptors (Lipinski definition) is 7. The van der Waals surface area contributed by atoms with E-state index in [1.165, 1.54) is 5.38 Å². The van der Waals surface area contributed by atoms with Crippen molar-refractivity contribution < 1.29 is 27.9 Å². The number of ether oxygens (including phenoxy) is 1. The van der Waals surface area contributed by atoms with Gasteiger partial charge in [-0.15, -0.1) is 0 Å². The van der Waals surface area contributed by atoms with E-state index in [0.717, 1.165) is 22.9 Å². The summed E-state index contributed by atoms with van der Waals surface area (Å²) in [4.78, 5) is 22.1. The number of carboxylic acid groups (broad SMARTS) is 1. The van der Waals surface area contributed by atoms with Crippen LogP contribution in [0.15, 0.2) is 10.3 Å². The quantitative estimate of drug-likeness (QED) is 0.778. The molecule has 10 heteroatoms. The molecular weight excluding hydrogens is 308 g/mol. The molecule has 1 fully saturated rings. The molecular formula is C10H12N2O6S2. The van der Waals surface area contributed by atoms with E-state index in [1.54, 1.807) is 0 Å². The average molecular weight is 320 g/mol. The topological polar surface area (TPSA) is 114 Å². The van der Waals surface area contributed by atoms with E-state index in [-0.39, 0.29) is 30.1 Å². The molecule has 0 radical (unpaired) electrons. The number of esters is 1. The van der Waals surface area contributed by atoms with Crippen molar-refractivity contribution in [1.82, 2.24) is 8.68 Å². The molecule has 0 saturated carbocycles. The molecule has 2 rings (SSSR count). The van der Waals surface area contributed by atoms with Gasteiger partial charge in [0.2, 0.25) is 10.0 Å². The Labute approximate surface area is 119 Å². The van der Waals surface area contributed by atoms with Crippen LogP contribution in [0.4, 0.5) is 0 Å². The van der Waals surface area contributed by atoms with Crippen molar-refractivity contribution in [2.24, 2.45) is 5.92 Å². The largest absolute Gasteiger partial charge is 0.481 e. The number of rotatable bonds is 4. The van der Waals surface area contributed by atoms with Crippen LogP contribution in [0, 0.1) is 5.92 Å². The number of aliphatic carboxylic acids is 1. The van der Waals surface area contributed by atoms with Gasteiger partial charge in [-0.05, 0) is 18.0 Å². The molecule has 1 aromatic rings. The van der Waals surface area contributed by atoms with Gasteiger partial charge in [0, 0.05) is 18.5 Å². The van der Waals surface area contributed by atoms with Crippen molar-refractivity contribution >= 4 is 33.5 Å². The Hall–Kier alpha value is -1.52. The average Bonchev–Trinajstić information content (AvgIpc) is 3.06. The first-order valence-electron chi connectivity index (χ1n) is 5.63. The second-order valence-corrected chi connectivity index (χ2v) is 6.74. The van der Waals surface area contributed by atoms with E-state index in [4.69, 9.17) is 5.11 Å². The standard InChI is InChI=1S/C10H12N2O6S2/c1-18-10(15)8-7(5-19-11-8)20(16,17)12-3-2-6(4-12)9(13)14/h5-6H,2-4H2,1H3,(H,13,14). The van der Waals surface area contributed by atoms with Gasteiger partial charge in [-0.2, -0.15) is 8.68 Å². The summed E-state index contributed by atoms with van der Waals surface area (Å²) in [6, 6.07) is 0. The highest BCUT2D eigenvalue weighted by atomic mass is 32.2. The lowest BCUT2D eigenvalue weighted by molar-refractivity contribution is -0.141. The molecule has 1 atom stereocenters. The van der Waals surface area contributed by atoms with Gasteiger partial charge in [-0.1, -0.05) is 0 Å². The van der Waals surface area contributed by atoms with Crippen LogP contribution in [0.5, 0.6) is 0 Å². The Bertz CT molecular complexity index is 638. The lowest BCUT2D eigenvalue weighted by Gasteiger charge is -2.15. The van der Waals surface area contributed by atoms with Crippen LogP contribution in [0.25, 0.3) is 0 Å². The van der Waals surface area contributed by atoms with Crippen LogP contribution in [0.1, 0.15) is 16.9 Å². The van der Waals surface area contributed by atoms with Crippen LogP contribution in [0.3, 0.4) is 0 Å². The molecule has 1 N–H and O–H groups in total. The molecule has 1 aromatic heterocycles. The highest BCUT2D eigenvalue weighted by Gasteiger charge is 2.38. The molecule has 0 bridgehead atoms. The maximum Gasteiger partial charge on any atom is 0.359 e. The first-order valence-corrected chi connectivity index (χ1v) is 7.91. The summed E-state index contributed by atoms with van der Waals surface area (Å²) in [6.07, 6.45) is 0.250. The number of carbonyl (C=O) groups is 2. The van der Waals surface area contributed by atoms with Gasteiger partial charge in [-0.3, -0.25) is 4.79 Å². The number of nitrogens with zero attached hydrogens (tertiary/aromatic N) is 2. The third kappa shape index (κ3) is 2.53. The first kappa shape index (κ1) is 14.9. The lowest BCUT2D eigenvalue weighted by Crippen LogP contribution is -2.31. The van der Waals surface area contributed by atoms with E-state index in [1.807, 2.05) is 0 Å². The van der Waals surface area contributed by atoms with Crippen molar-refractivity contribution in [2.45, 2.75) is 11.3 Å². The molecule has 110 valence electrons. The number of aromatic nitrogens is 1. The summed E-state index contributed by atoms with van der Waals surface area (Å²) in [5.41, 5.74) is -0.267. The van der Waals surface area contributed by atoms with Crippen molar-refractivity contribution in [2.75, 3.05) is 20.2 Å². The van der Waals surface area contributed by atoms with Crippen LogP contribution in [0.2, 0.25) is 0 Å². The van der Waals surface area contributed by atoms with E-state index < -0.39 is 27.9 Å². The predicted octanol–water partition coefficient (Wildman–Crippen LogP) is 0.0249. The molecule has 0 aromatic carbocycles. The maximum atomic E-state index is 12.4. The van der Waals surface area contributed by atoms with Gasteiger partial charge >= 0.3 is 11.9 Å². The van der Waals surface area contributed by atoms with Crippen LogP contribution >= 0.6 is 11.5 Å². The normalized spacial score (nSPS) is 19.9. The zero-order valence-corrected chi connectivity index (χ0v) is 12.1. The van der Waals surface area contributed by atoms with Gasteiger partial charge in [0.25, 0.3) is 0 Å². The second-order valence-electron chi connectivity index (χ2n) is 4.21. The Morgan fingerprint density at radius 1 is 1.55 bits per heavy atom. The predicted molar refractivity (Wildman–Crippen MR) is 68.0 cm³/mol. The number of hydrogen-bond donors (Lipinski definition) is 1. The molecule has 1 aliphatic heterocycles. The van der Waals surface area contributed by atoms with E-state index in [0.29, 0.717) is 0 Å². The molecule has 1 aliphatic rings. The van der Waals surface area contributed by atoms with Gasteiger partial charge in [-0.25, -0.2) is 13.2 Å². The fourth-order valence-electron chi connectivity index (χ4n) is 1.93. The molecule has 8 nitrogen and oxygen atoms in total. The lowest BCUT2D eigenvalue weighted by atomic mass is 10.1. The van der Waals surface area contributed by atoms with Crippen LogP contribution in [-0.2, 0) is 19.6 Å². The Morgan fingerprint density at radius 2 is 2.25 bits per heavy atom. The molecule has 1 saturated heterocycles. The van der Waals surface area contributed by atoms with Gasteiger partial charge < -0.3 is 9.84 Å². The smallest absolute Gasteiger partial charge is 0.359 e. The molecule has 20 heavy (non-hydrogen) atoms. The number of sulfonamides is 1. The fourth-order valence-corrected chi connectivity index (χ4v) is 4.52. The summed E-state index contributed by atoms with van der Waals surface area (Å²) in [5.74, 6) is -2.59. The fraction of sp³-hybridized carbons (Fsp3) is 0.500. The molecule has 0 spiro atoms. The summed E-state index contributed by atoms with van der Waals surface area (Å²) in [5, 5.41) is 10.1. The summed E-state index contributed by atoms with van der Waals surface area (Å²) in [6.45, 7) is 0.00385. The molecule has 2 heterocycles. The maximum absolute atomic E-state index is 12.4. The van der Waals surface area contributed by atoms with Crippen molar-refractivity contribution in [3.63, 3.8) is 0 Å². The third-order valence-corrected chi connectivity index (χ3v) is 5.69. The van der Waals surface area contributed by atoms with Gasteiger partial charge in [0.1, 0.15) is 4.90 Å². The third-order valence-electron chi connectivity index (χ3n) is 3.03. The molecule has 1 unspecified atom stereocenters. The molecule has 0 amide bonds. The first-order chi connectivity index (χ1) is 9.37. The monoisotopic (exact) mass is 320 g/mol. The second kappa shape index (κ2) is 5.46. The van der Waals surface area contributed by atoms with E-state index in [2.05, 4.69) is 9.11 Å². The zero-order chi connectivity index (χ0) is 14.9. The van der Waals surface area contributed by atoms with Crippen molar-refractivity contribution in [3.8, 4) is 0 Å². The highest BCUT2D eigenvalue weighted by molar-refractivity contribution is 7.89. The summed E-state index contributed by atoms with van der Waals surface area (Å²) >= 11 is 0.830. The minimum Gasteiger partial charge on any atom is -0.481 e. The number of carboxylic acids is 1. The molecule has 0 aliphatic carbocycles. The Kier molecular flexibility index (Phi) is 4.06. The number of methoxy groups -OCH3 is 1. The minimum atomic E-state index is -3.93. The van der Waals surface area contributed by atoms with Gasteiger partial charge in [0.15, 0.2) is 5.69 Å². The highest BCUT2D eigenvalue weighted by Crippen LogP contribution is 2.27. The Balaban J connectivity index is 2.31. The van der Waals surface area contributed by atoms with E-state index in [9.17, 15) is 18.0 Å². The number of carbonyl (C=O) groups excluding carboxylic acids is 1. The zero-order valence-electron chi connectivity index (χ0n) is 10.5. The van der Waals surface area contributed by atoms with E-state index >= 15 is 0 Å². The van der Waals surface area contributed by atoms with Crippen LogP contribution < -0.4 is 0 Å². The summed E-state index contributed by atoms with van der Waals surface area (Å²) in [7, 11) is -2.80.